The molecule has 6 heteroatoms. The van der Waals surface area contributed by atoms with E-state index in [1.165, 1.54) is 5.56 Å². The van der Waals surface area contributed by atoms with E-state index in [1.54, 1.807) is 30.6 Å². The monoisotopic (exact) mass is 355 g/mol. The molecule has 26 heavy (non-hydrogen) atoms. The van der Waals surface area contributed by atoms with Gasteiger partial charge in [-0.15, -0.1) is 0 Å². The molecule has 0 aliphatic carbocycles. The van der Waals surface area contributed by atoms with Gasteiger partial charge in [0, 0.05) is 31.5 Å². The quantitative estimate of drug-likeness (QED) is 0.349. The number of aromatic hydroxyl groups is 1. The second kappa shape index (κ2) is 11.9. The molecule has 4 N–H and O–H groups in total. The molecule has 1 aromatic carbocycles. The van der Waals surface area contributed by atoms with E-state index in [-0.39, 0.29) is 6.17 Å². The fourth-order valence-corrected chi connectivity index (χ4v) is 1.91. The molecule has 0 amide bonds. The summed E-state index contributed by atoms with van der Waals surface area (Å²) in [5.74, 6) is 0.329. The number of hydrazine groups is 1. The summed E-state index contributed by atoms with van der Waals surface area (Å²) >= 11 is 0. The lowest BCUT2D eigenvalue weighted by molar-refractivity contribution is 0.168. The summed E-state index contributed by atoms with van der Waals surface area (Å²) in [6, 6.07) is 10.8. The first kappa shape index (κ1) is 21.5. The molecule has 1 unspecified atom stereocenters. The summed E-state index contributed by atoms with van der Waals surface area (Å²) in [7, 11) is 3.85. The number of nitrogens with one attached hydrogen (secondary N) is 3. The zero-order valence-corrected chi connectivity index (χ0v) is 15.9. The van der Waals surface area contributed by atoms with E-state index in [2.05, 4.69) is 22.7 Å². The van der Waals surface area contributed by atoms with Gasteiger partial charge in [-0.05, 0) is 51.2 Å². The third-order valence-electron chi connectivity index (χ3n) is 3.76. The van der Waals surface area contributed by atoms with Crippen molar-refractivity contribution in [1.82, 2.24) is 20.7 Å². The van der Waals surface area contributed by atoms with Crippen LogP contribution in [-0.4, -0.2) is 47.6 Å². The lowest BCUT2D eigenvalue weighted by atomic mass is 10.2. The maximum Gasteiger partial charge on any atom is 0.115 e. The zero-order valence-electron chi connectivity index (χ0n) is 15.9. The average Bonchev–Trinajstić information content (AvgIpc) is 2.67. The number of allylic oxidation sites excluding steroid dienone is 1. The van der Waals surface area contributed by atoms with Crippen LogP contribution in [0.15, 0.2) is 60.9 Å². The number of hydrogen-bond acceptors (Lipinski definition) is 6. The number of aromatic nitrogens is 1. The smallest absolute Gasteiger partial charge is 0.115 e. The number of hydrogen-bond donors (Lipinski definition) is 4. The third-order valence-corrected chi connectivity index (χ3v) is 3.76. The van der Waals surface area contributed by atoms with E-state index in [0.29, 0.717) is 11.5 Å². The molecule has 0 saturated carbocycles. The van der Waals surface area contributed by atoms with Crippen LogP contribution >= 0.6 is 0 Å². The second-order valence-corrected chi connectivity index (χ2v) is 5.81. The molecule has 140 valence electrons. The van der Waals surface area contributed by atoms with E-state index >= 15 is 0 Å². The Bertz CT molecular complexity index is 649. The molecular weight excluding hydrogens is 326 g/mol. The normalized spacial score (nSPS) is 11.9. The lowest BCUT2D eigenvalue weighted by Crippen LogP contribution is -2.47. The van der Waals surface area contributed by atoms with Crippen LogP contribution in [0, 0.1) is 12.3 Å². The number of benzene rings is 1. The number of phenolic OH excluding ortho intramolecular Hbond substituents is 1. The van der Waals surface area contributed by atoms with Crippen LogP contribution in [0.25, 0.3) is 0 Å². The average molecular weight is 355 g/mol. The summed E-state index contributed by atoms with van der Waals surface area (Å²) in [5, 5.41) is 21.9. The van der Waals surface area contributed by atoms with Crippen molar-refractivity contribution in [1.29, 1.82) is 5.41 Å². The number of rotatable bonds is 7. The van der Waals surface area contributed by atoms with Crippen molar-refractivity contribution in [2.24, 2.45) is 0 Å². The molecule has 1 heterocycles. The minimum atomic E-state index is 0.229. The van der Waals surface area contributed by atoms with Gasteiger partial charge in [0.1, 0.15) is 5.75 Å². The van der Waals surface area contributed by atoms with Crippen molar-refractivity contribution in [2.75, 3.05) is 20.6 Å². The van der Waals surface area contributed by atoms with Crippen molar-refractivity contribution in [2.45, 2.75) is 20.0 Å². The summed E-state index contributed by atoms with van der Waals surface area (Å²) in [4.78, 5) is 3.99. The molecule has 0 bridgehead atoms. The lowest BCUT2D eigenvalue weighted by Gasteiger charge is -2.23. The Morgan fingerprint density at radius 1 is 1.31 bits per heavy atom. The van der Waals surface area contributed by atoms with Crippen molar-refractivity contribution in [3.63, 3.8) is 0 Å². The Morgan fingerprint density at radius 3 is 2.54 bits per heavy atom. The zero-order chi connectivity index (χ0) is 19.4. The molecule has 2 rings (SSSR count). The molecule has 1 atom stereocenters. The number of phenols is 1. The van der Waals surface area contributed by atoms with Gasteiger partial charge in [0.15, 0.2) is 0 Å². The van der Waals surface area contributed by atoms with Gasteiger partial charge in [-0.25, -0.2) is 5.01 Å². The Balaban J connectivity index is 0.000000350. The van der Waals surface area contributed by atoms with Gasteiger partial charge in [-0.1, -0.05) is 23.8 Å². The Hall–Kier alpha value is -2.54. The van der Waals surface area contributed by atoms with E-state index in [1.807, 2.05) is 56.4 Å². The third kappa shape index (κ3) is 8.53. The minimum Gasteiger partial charge on any atom is -0.508 e. The molecule has 0 radical (unpaired) electrons. The van der Waals surface area contributed by atoms with Crippen molar-refractivity contribution in [3.8, 4) is 5.75 Å². The van der Waals surface area contributed by atoms with Crippen molar-refractivity contribution >= 4 is 5.71 Å². The number of aryl methyl sites for hydroxylation is 1. The molecule has 2 aromatic rings. The van der Waals surface area contributed by atoms with Crippen LogP contribution < -0.4 is 10.7 Å². The molecule has 1 aromatic heterocycles. The molecule has 0 saturated heterocycles. The van der Waals surface area contributed by atoms with Gasteiger partial charge < -0.3 is 10.5 Å². The van der Waals surface area contributed by atoms with Crippen molar-refractivity contribution in [3.05, 3.63) is 72.1 Å². The summed E-state index contributed by atoms with van der Waals surface area (Å²) in [6.45, 7) is 4.77. The van der Waals surface area contributed by atoms with Gasteiger partial charge in [-0.2, -0.15) is 0 Å². The van der Waals surface area contributed by atoms with Gasteiger partial charge in [0.05, 0.1) is 11.9 Å². The number of pyridine rings is 1. The molecule has 0 aliphatic rings. The van der Waals surface area contributed by atoms with Crippen LogP contribution in [-0.2, 0) is 0 Å². The Kier molecular flexibility index (Phi) is 9.86. The molecule has 0 fully saturated rings. The first-order valence-corrected chi connectivity index (χ1v) is 8.48. The highest BCUT2D eigenvalue weighted by Gasteiger charge is 2.03. The van der Waals surface area contributed by atoms with Gasteiger partial charge in [0.25, 0.3) is 0 Å². The maximum atomic E-state index is 8.76. The topological polar surface area (TPSA) is 84.3 Å². The fraction of sp³-hybridized carbons (Fsp3) is 0.300. The van der Waals surface area contributed by atoms with Crippen LogP contribution in [0.3, 0.4) is 0 Å². The van der Waals surface area contributed by atoms with E-state index in [9.17, 15) is 0 Å². The van der Waals surface area contributed by atoms with Crippen LogP contribution in [0.5, 0.6) is 5.75 Å². The molecule has 0 aliphatic heterocycles. The summed E-state index contributed by atoms with van der Waals surface area (Å²) in [5.41, 5.74) is 5.51. The maximum absolute atomic E-state index is 8.76. The van der Waals surface area contributed by atoms with Crippen LogP contribution in [0.4, 0.5) is 0 Å². The van der Waals surface area contributed by atoms with Crippen LogP contribution in [0.1, 0.15) is 18.1 Å². The number of nitrogens with zero attached hydrogens (tertiary/aromatic N) is 2. The SMILES string of the molecule is CNN(C)C(C)NC/C=C\C(=N)c1cccnc1.Cc1ccc(O)cc1. The standard InChI is InChI=1S/C13H21N5.C7H8O/c1-11(18(3)15-2)17-9-5-7-13(14)12-6-4-8-16-10-12;1-6-2-4-7(8)5-3-6/h4-8,10-11,14-15,17H,9H2,1-3H3;2-5,8H,1H3/b7-5-,14-13?;. The molecule has 0 spiro atoms. The van der Waals surface area contributed by atoms with E-state index in [4.69, 9.17) is 10.5 Å². The van der Waals surface area contributed by atoms with Gasteiger partial charge >= 0.3 is 0 Å². The Morgan fingerprint density at radius 2 is 2.00 bits per heavy atom. The highest BCUT2D eigenvalue weighted by molar-refractivity contribution is 6.06. The fourth-order valence-electron chi connectivity index (χ4n) is 1.91. The largest absolute Gasteiger partial charge is 0.508 e. The predicted octanol–water partition coefficient (Wildman–Crippen LogP) is 2.71. The van der Waals surface area contributed by atoms with Crippen LogP contribution in [0.2, 0.25) is 0 Å². The van der Waals surface area contributed by atoms with Gasteiger partial charge in [-0.3, -0.25) is 15.7 Å². The highest BCUT2D eigenvalue weighted by atomic mass is 16.3. The minimum absolute atomic E-state index is 0.229. The van der Waals surface area contributed by atoms with E-state index < -0.39 is 0 Å². The van der Waals surface area contributed by atoms with Gasteiger partial charge in [0.2, 0.25) is 0 Å². The summed E-state index contributed by atoms with van der Waals surface area (Å²) < 4.78 is 0. The first-order valence-electron chi connectivity index (χ1n) is 8.48. The predicted molar refractivity (Wildman–Crippen MR) is 107 cm³/mol. The molecular formula is C20H29N5O. The molecule has 6 nitrogen and oxygen atoms in total. The Labute approximate surface area is 156 Å². The first-order chi connectivity index (χ1) is 12.4. The van der Waals surface area contributed by atoms with E-state index in [0.717, 1.165) is 12.1 Å². The highest BCUT2D eigenvalue weighted by Crippen LogP contribution is 2.07. The van der Waals surface area contributed by atoms with Crippen molar-refractivity contribution < 1.29 is 5.11 Å². The summed E-state index contributed by atoms with van der Waals surface area (Å²) in [6.07, 6.45) is 7.35. The second-order valence-electron chi connectivity index (χ2n) is 5.81.